The molecule has 0 fully saturated rings. The van der Waals surface area contributed by atoms with Gasteiger partial charge >= 0.3 is 0 Å². The fourth-order valence-electron chi connectivity index (χ4n) is 0.871. The summed E-state index contributed by atoms with van der Waals surface area (Å²) in [6, 6.07) is 11.0. The second kappa shape index (κ2) is 5.41. The molecule has 0 nitrogen and oxygen atoms in total. The van der Waals surface area contributed by atoms with Crippen LogP contribution in [-0.4, -0.2) is 7.42 Å². The molecule has 0 N–H and O–H groups in total. The van der Waals surface area contributed by atoms with Crippen LogP contribution in [0.2, 0.25) is 6.04 Å². The SMILES string of the molecule is Cl[SiH](Cl)CC=Cc1ccccc1. The first-order valence-electron chi connectivity index (χ1n) is 3.79. The van der Waals surface area contributed by atoms with Gasteiger partial charge in [0.25, 0.3) is 0 Å². The minimum absolute atomic E-state index is 0.831. The predicted octanol–water partition coefficient (Wildman–Crippen LogP) is 3.40. The van der Waals surface area contributed by atoms with Gasteiger partial charge in [0.2, 0.25) is 7.42 Å². The molecule has 64 valence electrons. The van der Waals surface area contributed by atoms with Crippen molar-refractivity contribution in [2.75, 3.05) is 0 Å². The van der Waals surface area contributed by atoms with Crippen molar-refractivity contribution in [1.29, 1.82) is 0 Å². The van der Waals surface area contributed by atoms with Gasteiger partial charge < -0.3 is 0 Å². The summed E-state index contributed by atoms with van der Waals surface area (Å²) in [4.78, 5) is 0. The van der Waals surface area contributed by atoms with Crippen molar-refractivity contribution in [3.63, 3.8) is 0 Å². The normalized spacial score (nSPS) is 11.2. The second-order valence-electron chi connectivity index (χ2n) is 2.44. The van der Waals surface area contributed by atoms with Gasteiger partial charge in [0.05, 0.1) is 0 Å². The summed E-state index contributed by atoms with van der Waals surface area (Å²) in [5.41, 5.74) is 1.19. The highest BCUT2D eigenvalue weighted by Crippen LogP contribution is 2.07. The molecule has 0 aliphatic rings. The zero-order valence-corrected chi connectivity index (χ0v) is 9.25. The fourth-order valence-corrected chi connectivity index (χ4v) is 1.83. The number of hydrogen-bond donors (Lipinski definition) is 0. The van der Waals surface area contributed by atoms with Crippen LogP contribution < -0.4 is 0 Å². The molecule has 1 aromatic carbocycles. The summed E-state index contributed by atoms with van der Waals surface area (Å²) in [6.45, 7) is 0. The fraction of sp³-hybridized carbons (Fsp3) is 0.111. The smallest absolute Gasteiger partial charge is 0.150 e. The van der Waals surface area contributed by atoms with Crippen LogP contribution in [0.3, 0.4) is 0 Å². The van der Waals surface area contributed by atoms with E-state index in [1.165, 1.54) is 5.56 Å². The summed E-state index contributed by atoms with van der Waals surface area (Å²) >= 11 is 11.4. The molecule has 0 unspecified atom stereocenters. The molecule has 0 spiro atoms. The maximum atomic E-state index is 5.70. The first-order chi connectivity index (χ1) is 5.79. The number of allylic oxidation sites excluding steroid dienone is 1. The Kier molecular flexibility index (Phi) is 4.44. The number of hydrogen-bond acceptors (Lipinski definition) is 0. The predicted molar refractivity (Wildman–Crippen MR) is 59.1 cm³/mol. The minimum Gasteiger partial charge on any atom is -0.150 e. The third-order valence-electron chi connectivity index (χ3n) is 1.42. The molecule has 0 aliphatic heterocycles. The van der Waals surface area contributed by atoms with Gasteiger partial charge in [-0.1, -0.05) is 42.5 Å². The highest BCUT2D eigenvalue weighted by atomic mass is 35.7. The Morgan fingerprint density at radius 3 is 2.42 bits per heavy atom. The molecule has 0 saturated carbocycles. The monoisotopic (exact) mass is 216 g/mol. The summed E-state index contributed by atoms with van der Waals surface area (Å²) in [5.74, 6) is 0. The van der Waals surface area contributed by atoms with E-state index in [1.54, 1.807) is 0 Å². The molecule has 0 bridgehead atoms. The Labute approximate surface area is 83.8 Å². The molecule has 12 heavy (non-hydrogen) atoms. The average molecular weight is 217 g/mol. The van der Waals surface area contributed by atoms with Gasteiger partial charge in [0.15, 0.2) is 0 Å². The van der Waals surface area contributed by atoms with E-state index < -0.39 is 7.42 Å². The largest absolute Gasteiger partial charge is 0.240 e. The Morgan fingerprint density at radius 1 is 1.17 bits per heavy atom. The van der Waals surface area contributed by atoms with Crippen molar-refractivity contribution in [2.45, 2.75) is 6.04 Å². The minimum atomic E-state index is -1.45. The molecule has 0 heterocycles. The molecule has 0 amide bonds. The quantitative estimate of drug-likeness (QED) is 0.537. The zero-order valence-electron chi connectivity index (χ0n) is 6.58. The van der Waals surface area contributed by atoms with Crippen LogP contribution in [0, 0.1) is 0 Å². The van der Waals surface area contributed by atoms with E-state index in [0.29, 0.717) is 0 Å². The van der Waals surface area contributed by atoms with Crippen LogP contribution >= 0.6 is 22.2 Å². The molecule has 0 radical (unpaired) electrons. The van der Waals surface area contributed by atoms with Gasteiger partial charge in [-0.3, -0.25) is 0 Å². The van der Waals surface area contributed by atoms with Crippen molar-refractivity contribution < 1.29 is 0 Å². The molecule has 0 aromatic heterocycles. The molecular formula is C9H10Cl2Si. The topological polar surface area (TPSA) is 0 Å². The Balaban J connectivity index is 2.47. The van der Waals surface area contributed by atoms with Gasteiger partial charge in [-0.2, -0.15) is 22.2 Å². The Bertz CT molecular complexity index is 244. The van der Waals surface area contributed by atoms with E-state index in [1.807, 2.05) is 30.4 Å². The van der Waals surface area contributed by atoms with Crippen molar-refractivity contribution in [2.24, 2.45) is 0 Å². The highest BCUT2D eigenvalue weighted by molar-refractivity contribution is 7.33. The van der Waals surface area contributed by atoms with E-state index in [4.69, 9.17) is 22.2 Å². The number of rotatable bonds is 3. The average Bonchev–Trinajstić information content (AvgIpc) is 2.05. The molecular weight excluding hydrogens is 207 g/mol. The molecule has 1 aromatic rings. The molecule has 0 aliphatic carbocycles. The van der Waals surface area contributed by atoms with E-state index in [2.05, 4.69) is 12.1 Å². The zero-order chi connectivity index (χ0) is 8.81. The van der Waals surface area contributed by atoms with Gasteiger partial charge in [0, 0.05) is 0 Å². The van der Waals surface area contributed by atoms with Gasteiger partial charge in [-0.25, -0.2) is 0 Å². The lowest BCUT2D eigenvalue weighted by Crippen LogP contribution is -1.86. The number of halogens is 2. The van der Waals surface area contributed by atoms with Crippen LogP contribution in [0.1, 0.15) is 5.56 Å². The Hall–Kier alpha value is -0.243. The van der Waals surface area contributed by atoms with E-state index in [9.17, 15) is 0 Å². The standard InChI is InChI=1S/C9H10Cl2Si/c10-12(11)8-4-7-9-5-2-1-3-6-9/h1-7,12H,8H2. The van der Waals surface area contributed by atoms with Crippen molar-refractivity contribution in [3.05, 3.63) is 42.0 Å². The third-order valence-corrected chi connectivity index (χ3v) is 3.12. The molecule has 3 heteroatoms. The first-order valence-corrected chi connectivity index (χ1v) is 8.09. The van der Waals surface area contributed by atoms with Crippen LogP contribution in [0.5, 0.6) is 0 Å². The first kappa shape index (κ1) is 9.84. The van der Waals surface area contributed by atoms with Crippen LogP contribution in [0.4, 0.5) is 0 Å². The van der Waals surface area contributed by atoms with Crippen LogP contribution in [0.25, 0.3) is 6.08 Å². The summed E-state index contributed by atoms with van der Waals surface area (Å²) < 4.78 is 0. The summed E-state index contributed by atoms with van der Waals surface area (Å²) in [5, 5.41) is 0. The van der Waals surface area contributed by atoms with E-state index in [-0.39, 0.29) is 0 Å². The summed E-state index contributed by atoms with van der Waals surface area (Å²) in [6.07, 6.45) is 4.08. The lowest BCUT2D eigenvalue weighted by Gasteiger charge is -1.91. The Morgan fingerprint density at radius 2 is 1.83 bits per heavy atom. The molecule has 0 atom stereocenters. The van der Waals surface area contributed by atoms with E-state index in [0.717, 1.165) is 6.04 Å². The van der Waals surface area contributed by atoms with Crippen molar-refractivity contribution >= 4 is 35.7 Å². The lowest BCUT2D eigenvalue weighted by atomic mass is 10.2. The molecule has 0 saturated heterocycles. The third kappa shape index (κ3) is 3.95. The van der Waals surface area contributed by atoms with Gasteiger partial charge in [-0.05, 0) is 11.6 Å². The maximum absolute atomic E-state index is 5.70. The lowest BCUT2D eigenvalue weighted by molar-refractivity contribution is 1.64. The van der Waals surface area contributed by atoms with Crippen molar-refractivity contribution in [1.82, 2.24) is 0 Å². The van der Waals surface area contributed by atoms with E-state index >= 15 is 0 Å². The van der Waals surface area contributed by atoms with Crippen LogP contribution in [0.15, 0.2) is 36.4 Å². The highest BCUT2D eigenvalue weighted by Gasteiger charge is 1.95. The summed E-state index contributed by atoms with van der Waals surface area (Å²) in [7, 11) is -1.45. The molecule has 1 rings (SSSR count). The maximum Gasteiger partial charge on any atom is 0.240 e. The van der Waals surface area contributed by atoms with Gasteiger partial charge in [0.1, 0.15) is 0 Å². The second-order valence-corrected chi connectivity index (χ2v) is 7.52. The van der Waals surface area contributed by atoms with Crippen molar-refractivity contribution in [3.8, 4) is 0 Å². The number of benzene rings is 1. The van der Waals surface area contributed by atoms with Crippen LogP contribution in [-0.2, 0) is 0 Å². The van der Waals surface area contributed by atoms with Gasteiger partial charge in [-0.15, -0.1) is 0 Å².